The maximum atomic E-state index is 14.3. The standard InChI is InChI=1S/C33H27Cl2F3N6O5/c1-16-12-23-26(15-43(16)29(45)19-6-11-24(34)25(35)13-19)40-31(39-17(2)18-4-7-20(8-5-18)33(36,37)38)44(30(23)46)21-9-10-22-27(14-21)49-41-28(22)42(3)32(47)48/h4-11,13-14,16-17H,12,15H2,1-3H3,(H,39,40)(H,47,48)/t16?,17-/m0/s1. The van der Waals surface area contributed by atoms with Crippen LogP contribution in [0.4, 0.5) is 29.7 Å². The lowest BCUT2D eigenvalue weighted by atomic mass is 9.98. The van der Waals surface area contributed by atoms with Gasteiger partial charge < -0.3 is 19.8 Å². The van der Waals surface area contributed by atoms with Crippen molar-refractivity contribution in [3.63, 3.8) is 0 Å². The van der Waals surface area contributed by atoms with Crippen molar-refractivity contribution in [3.05, 3.63) is 109 Å². The summed E-state index contributed by atoms with van der Waals surface area (Å²) < 4.78 is 46.4. The maximum Gasteiger partial charge on any atom is 0.416 e. The van der Waals surface area contributed by atoms with Crippen molar-refractivity contribution in [1.29, 1.82) is 0 Å². The highest BCUT2D eigenvalue weighted by Gasteiger charge is 2.33. The zero-order valence-corrected chi connectivity index (χ0v) is 27.6. The Bertz CT molecular complexity index is 2170. The van der Waals surface area contributed by atoms with E-state index in [1.54, 1.807) is 30.0 Å². The number of halogens is 5. The Hall–Kier alpha value is -5.08. The van der Waals surface area contributed by atoms with Crippen LogP contribution in [-0.4, -0.2) is 49.8 Å². The summed E-state index contributed by atoms with van der Waals surface area (Å²) in [6, 6.07) is 12.8. The molecule has 6 rings (SSSR count). The summed E-state index contributed by atoms with van der Waals surface area (Å²) in [5.41, 5.74) is 0.743. The lowest BCUT2D eigenvalue weighted by Crippen LogP contribution is -2.46. The minimum Gasteiger partial charge on any atom is -0.465 e. The van der Waals surface area contributed by atoms with E-state index in [-0.39, 0.29) is 41.2 Å². The molecule has 11 nitrogen and oxygen atoms in total. The number of alkyl halides is 3. The molecule has 2 amide bonds. The van der Waals surface area contributed by atoms with E-state index in [4.69, 9.17) is 32.7 Å². The number of rotatable bonds is 6. The summed E-state index contributed by atoms with van der Waals surface area (Å²) >= 11 is 12.2. The van der Waals surface area contributed by atoms with Crippen molar-refractivity contribution in [2.45, 2.75) is 45.1 Å². The number of amides is 2. The van der Waals surface area contributed by atoms with Gasteiger partial charge in [-0.15, -0.1) is 0 Å². The van der Waals surface area contributed by atoms with Gasteiger partial charge in [0.15, 0.2) is 11.4 Å². The minimum absolute atomic E-state index is 0.0129. The molecule has 3 aromatic carbocycles. The summed E-state index contributed by atoms with van der Waals surface area (Å²) in [6.07, 6.45) is -5.59. The first kappa shape index (κ1) is 33.8. The van der Waals surface area contributed by atoms with Gasteiger partial charge in [-0.3, -0.25) is 14.5 Å². The van der Waals surface area contributed by atoms with Gasteiger partial charge in [0.25, 0.3) is 11.5 Å². The molecule has 1 unspecified atom stereocenters. The molecule has 0 fully saturated rings. The molecule has 2 atom stereocenters. The molecule has 2 aromatic heterocycles. The number of benzene rings is 3. The van der Waals surface area contributed by atoms with E-state index >= 15 is 0 Å². The molecule has 0 saturated carbocycles. The zero-order chi connectivity index (χ0) is 35.4. The average Bonchev–Trinajstić information content (AvgIpc) is 3.48. The third kappa shape index (κ3) is 6.41. The van der Waals surface area contributed by atoms with Gasteiger partial charge in [0, 0.05) is 30.3 Å². The van der Waals surface area contributed by atoms with Gasteiger partial charge in [0.1, 0.15) is 0 Å². The van der Waals surface area contributed by atoms with Crippen LogP contribution in [0.3, 0.4) is 0 Å². The highest BCUT2D eigenvalue weighted by molar-refractivity contribution is 6.42. The van der Waals surface area contributed by atoms with E-state index in [1.807, 2.05) is 6.92 Å². The average molecular weight is 716 g/mol. The first-order chi connectivity index (χ1) is 23.1. The normalized spacial score (nSPS) is 15.2. The smallest absolute Gasteiger partial charge is 0.416 e. The number of nitrogens with zero attached hydrogens (tertiary/aromatic N) is 5. The van der Waals surface area contributed by atoms with Crippen molar-refractivity contribution in [2.75, 3.05) is 17.3 Å². The number of nitrogens with one attached hydrogen (secondary N) is 1. The van der Waals surface area contributed by atoms with Crippen LogP contribution in [0.5, 0.6) is 0 Å². The van der Waals surface area contributed by atoms with E-state index in [0.29, 0.717) is 38.5 Å². The van der Waals surface area contributed by atoms with E-state index < -0.39 is 35.5 Å². The number of carbonyl (C=O) groups excluding carboxylic acids is 1. The topological polar surface area (TPSA) is 134 Å². The molecule has 16 heteroatoms. The number of hydrogen-bond donors (Lipinski definition) is 2. The van der Waals surface area contributed by atoms with Crippen LogP contribution in [0.1, 0.15) is 52.6 Å². The van der Waals surface area contributed by atoms with Gasteiger partial charge in [0.05, 0.1) is 45.0 Å². The molecule has 3 heterocycles. The molecule has 2 N–H and O–H groups in total. The van der Waals surface area contributed by atoms with Crippen molar-refractivity contribution >= 4 is 57.9 Å². The Morgan fingerprint density at radius 2 is 1.80 bits per heavy atom. The second-order valence-electron chi connectivity index (χ2n) is 11.6. The number of hydrogen-bond acceptors (Lipinski definition) is 7. The summed E-state index contributed by atoms with van der Waals surface area (Å²) in [7, 11) is 1.31. The number of fused-ring (bicyclic) bond motifs is 2. The number of anilines is 2. The fourth-order valence-corrected chi connectivity index (χ4v) is 5.98. The Morgan fingerprint density at radius 3 is 2.45 bits per heavy atom. The summed E-state index contributed by atoms with van der Waals surface area (Å²) in [6.45, 7) is 3.50. The molecule has 0 bridgehead atoms. The molecule has 0 spiro atoms. The highest BCUT2D eigenvalue weighted by atomic mass is 35.5. The maximum absolute atomic E-state index is 14.3. The van der Waals surface area contributed by atoms with Crippen LogP contribution in [-0.2, 0) is 19.1 Å². The Morgan fingerprint density at radius 1 is 1.08 bits per heavy atom. The quantitative estimate of drug-likeness (QED) is 0.184. The number of carbonyl (C=O) groups is 2. The van der Waals surface area contributed by atoms with E-state index in [2.05, 4.69) is 10.5 Å². The second kappa shape index (κ2) is 12.7. The minimum atomic E-state index is -4.51. The molecule has 5 aromatic rings. The van der Waals surface area contributed by atoms with Crippen molar-refractivity contribution in [1.82, 2.24) is 19.6 Å². The monoisotopic (exact) mass is 714 g/mol. The van der Waals surface area contributed by atoms with Crippen molar-refractivity contribution < 1.29 is 32.4 Å². The van der Waals surface area contributed by atoms with Crippen LogP contribution in [0.25, 0.3) is 16.7 Å². The van der Waals surface area contributed by atoms with Crippen LogP contribution < -0.4 is 15.8 Å². The number of carboxylic acid groups (broad SMARTS) is 1. The molecule has 49 heavy (non-hydrogen) atoms. The second-order valence-corrected chi connectivity index (χ2v) is 12.4. The van der Waals surface area contributed by atoms with Gasteiger partial charge in [-0.2, -0.15) is 13.2 Å². The summed E-state index contributed by atoms with van der Waals surface area (Å²) in [4.78, 5) is 46.7. The van der Waals surface area contributed by atoms with E-state index in [1.165, 1.54) is 41.9 Å². The van der Waals surface area contributed by atoms with Gasteiger partial charge in [-0.1, -0.05) is 40.5 Å². The third-order valence-corrected chi connectivity index (χ3v) is 9.16. The van der Waals surface area contributed by atoms with Crippen LogP contribution in [0, 0.1) is 0 Å². The first-order valence-electron chi connectivity index (χ1n) is 14.8. The summed E-state index contributed by atoms with van der Waals surface area (Å²) in [5.74, 6) is -0.234. The zero-order valence-electron chi connectivity index (χ0n) is 26.0. The summed E-state index contributed by atoms with van der Waals surface area (Å²) in [5, 5.41) is 17.3. The SMILES string of the molecule is CC1Cc2c(nc(N[C@@H](C)c3ccc(C(F)(F)F)cc3)n(-c3ccc4c(N(C)C(=O)O)noc4c3)c2=O)CN1C(=O)c1ccc(Cl)c(Cl)c1. The highest BCUT2D eigenvalue weighted by Crippen LogP contribution is 2.33. The number of aromatic nitrogens is 3. The molecule has 0 saturated heterocycles. The molecule has 254 valence electrons. The first-order valence-corrected chi connectivity index (χ1v) is 15.6. The third-order valence-electron chi connectivity index (χ3n) is 8.42. The van der Waals surface area contributed by atoms with Crippen LogP contribution >= 0.6 is 23.2 Å². The van der Waals surface area contributed by atoms with Gasteiger partial charge >= 0.3 is 12.3 Å². The van der Waals surface area contributed by atoms with Gasteiger partial charge in [-0.25, -0.2) is 14.3 Å². The van der Waals surface area contributed by atoms with E-state index in [0.717, 1.165) is 17.0 Å². The van der Waals surface area contributed by atoms with Crippen molar-refractivity contribution in [2.24, 2.45) is 0 Å². The van der Waals surface area contributed by atoms with Crippen LogP contribution in [0.2, 0.25) is 10.0 Å². The molecule has 0 radical (unpaired) electrons. The lowest BCUT2D eigenvalue weighted by molar-refractivity contribution is -0.137. The largest absolute Gasteiger partial charge is 0.465 e. The molecular formula is C33H27Cl2F3N6O5. The van der Waals surface area contributed by atoms with Gasteiger partial charge in [0.2, 0.25) is 5.95 Å². The molecule has 0 aliphatic carbocycles. The Balaban J connectivity index is 1.44. The molecule has 1 aliphatic rings. The van der Waals surface area contributed by atoms with E-state index in [9.17, 15) is 32.7 Å². The Kier molecular flexibility index (Phi) is 8.80. The molecular weight excluding hydrogens is 688 g/mol. The lowest BCUT2D eigenvalue weighted by Gasteiger charge is -2.35. The fourth-order valence-electron chi connectivity index (χ4n) is 5.68. The predicted molar refractivity (Wildman–Crippen MR) is 177 cm³/mol. The Labute approximate surface area is 286 Å². The molecule has 1 aliphatic heterocycles. The van der Waals surface area contributed by atoms with Gasteiger partial charge in [-0.05, 0) is 68.3 Å². The van der Waals surface area contributed by atoms with Crippen molar-refractivity contribution in [3.8, 4) is 5.69 Å². The predicted octanol–water partition coefficient (Wildman–Crippen LogP) is 7.57. The van der Waals surface area contributed by atoms with Crippen LogP contribution in [0.15, 0.2) is 70.0 Å². The fraction of sp³-hybridized carbons (Fsp3) is 0.242.